The SMILES string of the molecule is Cc1ccc(NC2c3ccccc3C(=O)N2c2ccc(Cl)cc2)c(Cl)c1. The lowest BCUT2D eigenvalue weighted by Crippen LogP contribution is -2.32. The molecule has 0 fully saturated rings. The van der Waals surface area contributed by atoms with Crippen LogP contribution in [-0.4, -0.2) is 5.91 Å². The quantitative estimate of drug-likeness (QED) is 0.595. The van der Waals surface area contributed by atoms with Crippen molar-refractivity contribution in [2.45, 2.75) is 13.1 Å². The summed E-state index contributed by atoms with van der Waals surface area (Å²) in [6.07, 6.45) is -0.347. The minimum absolute atomic E-state index is 0.0522. The number of benzene rings is 3. The molecule has 5 heteroatoms. The van der Waals surface area contributed by atoms with Crippen molar-refractivity contribution >= 4 is 40.5 Å². The number of hydrogen-bond acceptors (Lipinski definition) is 2. The molecular formula is C21H16Cl2N2O. The van der Waals surface area contributed by atoms with Crippen molar-refractivity contribution in [2.75, 3.05) is 10.2 Å². The molecule has 0 aliphatic carbocycles. The molecule has 0 saturated heterocycles. The van der Waals surface area contributed by atoms with Crippen LogP contribution in [0.3, 0.4) is 0 Å². The summed E-state index contributed by atoms with van der Waals surface area (Å²) in [7, 11) is 0. The highest BCUT2D eigenvalue weighted by Crippen LogP contribution is 2.39. The van der Waals surface area contributed by atoms with E-state index in [1.807, 2.05) is 61.5 Å². The molecule has 1 amide bonds. The summed E-state index contributed by atoms with van der Waals surface area (Å²) in [5, 5.41) is 4.68. The number of carbonyl (C=O) groups excluding carboxylic acids is 1. The van der Waals surface area contributed by atoms with Crippen LogP contribution in [0.5, 0.6) is 0 Å². The fraction of sp³-hybridized carbons (Fsp3) is 0.0952. The number of carbonyl (C=O) groups is 1. The van der Waals surface area contributed by atoms with E-state index in [4.69, 9.17) is 23.2 Å². The molecule has 4 rings (SSSR count). The van der Waals surface area contributed by atoms with Gasteiger partial charge in [0.15, 0.2) is 0 Å². The molecular weight excluding hydrogens is 367 g/mol. The Kier molecular flexibility index (Phi) is 4.35. The first kappa shape index (κ1) is 17.0. The Morgan fingerprint density at radius 1 is 0.962 bits per heavy atom. The predicted octanol–water partition coefficient (Wildman–Crippen LogP) is 6.07. The Morgan fingerprint density at radius 2 is 1.69 bits per heavy atom. The first-order valence-electron chi connectivity index (χ1n) is 8.25. The average Bonchev–Trinajstić information content (AvgIpc) is 2.91. The highest BCUT2D eigenvalue weighted by Gasteiger charge is 2.37. The van der Waals surface area contributed by atoms with Crippen LogP contribution in [0.2, 0.25) is 10.0 Å². The summed E-state index contributed by atoms with van der Waals surface area (Å²) in [6, 6.07) is 20.7. The van der Waals surface area contributed by atoms with E-state index in [9.17, 15) is 4.79 Å². The molecule has 1 aliphatic heterocycles. The van der Waals surface area contributed by atoms with Crippen LogP contribution in [0.25, 0.3) is 0 Å². The van der Waals surface area contributed by atoms with Crippen molar-refractivity contribution < 1.29 is 4.79 Å². The van der Waals surface area contributed by atoms with Crippen LogP contribution >= 0.6 is 23.2 Å². The van der Waals surface area contributed by atoms with Gasteiger partial charge in [-0.05, 0) is 55.0 Å². The van der Waals surface area contributed by atoms with Gasteiger partial charge in [0, 0.05) is 21.8 Å². The van der Waals surface area contributed by atoms with Crippen LogP contribution in [0, 0.1) is 6.92 Å². The summed E-state index contributed by atoms with van der Waals surface area (Å²) in [4.78, 5) is 14.8. The Bertz CT molecular complexity index is 986. The maximum Gasteiger partial charge on any atom is 0.260 e. The lowest BCUT2D eigenvalue weighted by molar-refractivity contribution is 0.0993. The second kappa shape index (κ2) is 6.67. The Labute approximate surface area is 162 Å². The third-order valence-electron chi connectivity index (χ3n) is 4.48. The molecule has 0 bridgehead atoms. The van der Waals surface area contributed by atoms with Gasteiger partial charge >= 0.3 is 0 Å². The highest BCUT2D eigenvalue weighted by atomic mass is 35.5. The number of aryl methyl sites for hydroxylation is 1. The topological polar surface area (TPSA) is 32.3 Å². The molecule has 1 unspecified atom stereocenters. The Balaban J connectivity index is 1.79. The number of nitrogens with one attached hydrogen (secondary N) is 1. The minimum atomic E-state index is -0.347. The minimum Gasteiger partial charge on any atom is -0.360 e. The molecule has 1 N–H and O–H groups in total. The van der Waals surface area contributed by atoms with Crippen molar-refractivity contribution in [1.29, 1.82) is 0 Å². The van der Waals surface area contributed by atoms with Crippen molar-refractivity contribution in [2.24, 2.45) is 0 Å². The first-order valence-corrected chi connectivity index (χ1v) is 9.01. The van der Waals surface area contributed by atoms with Gasteiger partial charge in [0.1, 0.15) is 6.17 Å². The van der Waals surface area contributed by atoms with Crippen molar-refractivity contribution in [3.8, 4) is 0 Å². The molecule has 26 heavy (non-hydrogen) atoms. The highest BCUT2D eigenvalue weighted by molar-refractivity contribution is 6.33. The Hall–Kier alpha value is -2.49. The number of anilines is 2. The largest absolute Gasteiger partial charge is 0.360 e. The first-order chi connectivity index (χ1) is 12.5. The molecule has 0 spiro atoms. The standard InChI is InChI=1S/C21H16Cl2N2O/c1-13-6-11-19(18(23)12-13)24-20-16-4-2-3-5-17(16)21(26)25(20)15-9-7-14(22)8-10-15/h2-12,20,24H,1H3. The van der Waals surface area contributed by atoms with Gasteiger partial charge in [0.2, 0.25) is 0 Å². The molecule has 1 aliphatic rings. The van der Waals surface area contributed by atoms with Gasteiger partial charge in [-0.1, -0.05) is 47.5 Å². The molecule has 0 radical (unpaired) electrons. The van der Waals surface area contributed by atoms with E-state index < -0.39 is 0 Å². The molecule has 1 heterocycles. The average molecular weight is 383 g/mol. The third-order valence-corrected chi connectivity index (χ3v) is 5.05. The number of amides is 1. The van der Waals surface area contributed by atoms with Gasteiger partial charge in [0.05, 0.1) is 10.7 Å². The number of nitrogens with zero attached hydrogens (tertiary/aromatic N) is 1. The van der Waals surface area contributed by atoms with Crippen LogP contribution in [0.15, 0.2) is 66.7 Å². The van der Waals surface area contributed by atoms with E-state index >= 15 is 0 Å². The summed E-state index contributed by atoms with van der Waals surface area (Å²) in [5.41, 5.74) is 4.24. The zero-order valence-electron chi connectivity index (χ0n) is 14.0. The van der Waals surface area contributed by atoms with Crippen LogP contribution in [-0.2, 0) is 0 Å². The lowest BCUT2D eigenvalue weighted by Gasteiger charge is -2.27. The fourth-order valence-corrected chi connectivity index (χ4v) is 3.63. The van der Waals surface area contributed by atoms with Gasteiger partial charge in [-0.15, -0.1) is 0 Å². The third kappa shape index (κ3) is 2.94. The van der Waals surface area contributed by atoms with Crippen molar-refractivity contribution in [3.05, 3.63) is 93.5 Å². The molecule has 0 aromatic heterocycles. The van der Waals surface area contributed by atoms with Gasteiger partial charge in [-0.2, -0.15) is 0 Å². The van der Waals surface area contributed by atoms with E-state index in [1.54, 1.807) is 17.0 Å². The van der Waals surface area contributed by atoms with E-state index in [0.29, 0.717) is 15.6 Å². The van der Waals surface area contributed by atoms with Crippen molar-refractivity contribution in [1.82, 2.24) is 0 Å². The molecule has 3 aromatic rings. The summed E-state index contributed by atoms with van der Waals surface area (Å²) >= 11 is 12.4. The second-order valence-electron chi connectivity index (χ2n) is 6.27. The fourth-order valence-electron chi connectivity index (χ4n) is 3.21. The lowest BCUT2D eigenvalue weighted by atomic mass is 10.1. The van der Waals surface area contributed by atoms with E-state index in [-0.39, 0.29) is 12.1 Å². The van der Waals surface area contributed by atoms with E-state index in [1.165, 1.54) is 0 Å². The zero-order valence-corrected chi connectivity index (χ0v) is 15.6. The molecule has 0 saturated carbocycles. The second-order valence-corrected chi connectivity index (χ2v) is 7.11. The number of hydrogen-bond donors (Lipinski definition) is 1. The predicted molar refractivity (Wildman–Crippen MR) is 107 cm³/mol. The van der Waals surface area contributed by atoms with Crippen LogP contribution in [0.4, 0.5) is 11.4 Å². The molecule has 3 nitrogen and oxygen atoms in total. The monoisotopic (exact) mass is 382 g/mol. The van der Waals surface area contributed by atoms with Gasteiger partial charge < -0.3 is 5.32 Å². The maximum absolute atomic E-state index is 13.0. The van der Waals surface area contributed by atoms with Gasteiger partial charge in [0.25, 0.3) is 5.91 Å². The van der Waals surface area contributed by atoms with Gasteiger partial charge in [-0.3, -0.25) is 9.69 Å². The summed E-state index contributed by atoms with van der Waals surface area (Å²) in [6.45, 7) is 1.99. The normalized spacial score (nSPS) is 15.9. The smallest absolute Gasteiger partial charge is 0.260 e. The Morgan fingerprint density at radius 3 is 2.42 bits per heavy atom. The van der Waals surface area contributed by atoms with Crippen LogP contribution < -0.4 is 10.2 Å². The van der Waals surface area contributed by atoms with Gasteiger partial charge in [-0.25, -0.2) is 0 Å². The van der Waals surface area contributed by atoms with Crippen LogP contribution in [0.1, 0.15) is 27.7 Å². The maximum atomic E-state index is 13.0. The molecule has 1 atom stereocenters. The summed E-state index contributed by atoms with van der Waals surface area (Å²) < 4.78 is 0. The molecule has 3 aromatic carbocycles. The van der Waals surface area contributed by atoms with E-state index in [0.717, 1.165) is 22.5 Å². The zero-order chi connectivity index (χ0) is 18.3. The van der Waals surface area contributed by atoms with E-state index in [2.05, 4.69) is 5.32 Å². The summed E-state index contributed by atoms with van der Waals surface area (Å²) in [5.74, 6) is -0.0522. The number of rotatable bonds is 3. The van der Waals surface area contributed by atoms with Crippen molar-refractivity contribution in [3.63, 3.8) is 0 Å². The molecule has 130 valence electrons. The number of halogens is 2. The number of fused-ring (bicyclic) bond motifs is 1.